The maximum atomic E-state index is 11.2. The number of hydrogen-bond donors (Lipinski definition) is 0. The minimum absolute atomic E-state index is 0.133. The molecule has 0 aliphatic carbocycles. The number of carbonyl (C=O) groups excluding carboxylic acids is 1. The van der Waals surface area contributed by atoms with Crippen molar-refractivity contribution in [3.8, 4) is 0 Å². The molecule has 1 aromatic carbocycles. The number of ether oxygens (including phenoxy) is 1. The minimum atomic E-state index is -0.413. The van der Waals surface area contributed by atoms with Crippen molar-refractivity contribution in [1.82, 2.24) is 4.90 Å². The lowest BCUT2D eigenvalue weighted by molar-refractivity contribution is 0.110. The summed E-state index contributed by atoms with van der Waals surface area (Å²) in [6.45, 7) is 0.279. The van der Waals surface area contributed by atoms with Gasteiger partial charge in [0.05, 0.1) is 6.00 Å². The first kappa shape index (κ1) is 10.9. The van der Waals surface area contributed by atoms with E-state index >= 15 is 0 Å². The van der Waals surface area contributed by atoms with Crippen LogP contribution in [0.3, 0.4) is 0 Å². The normalized spacial score (nSPS) is 9.57. The fourth-order valence-corrected chi connectivity index (χ4v) is 0.976. The van der Waals surface area contributed by atoms with Crippen LogP contribution in [0.5, 0.6) is 0 Å². The smallest absolute Gasteiger partial charge is 0.410 e. The van der Waals surface area contributed by atoms with E-state index in [4.69, 9.17) is 16.3 Å². The summed E-state index contributed by atoms with van der Waals surface area (Å²) in [6, 6.07) is 9.63. The molecule has 1 amide bonds. The van der Waals surface area contributed by atoms with Crippen LogP contribution < -0.4 is 0 Å². The predicted octanol–water partition coefficient (Wildman–Crippen LogP) is 2.45. The third-order valence-corrected chi connectivity index (χ3v) is 2.05. The average Bonchev–Trinajstić information content (AvgIpc) is 2.26. The number of halogens is 1. The molecule has 4 heteroatoms. The fourth-order valence-electron chi connectivity index (χ4n) is 0.878. The summed E-state index contributed by atoms with van der Waals surface area (Å²) in [7, 11) is 1.58. The van der Waals surface area contributed by atoms with Gasteiger partial charge in [-0.25, -0.2) is 4.79 Å². The molecule has 0 saturated carbocycles. The zero-order chi connectivity index (χ0) is 10.4. The number of alkyl halides is 1. The highest BCUT2D eigenvalue weighted by Crippen LogP contribution is 2.02. The molecule has 0 atom stereocenters. The van der Waals surface area contributed by atoms with Crippen LogP contribution in [0.15, 0.2) is 30.3 Å². The van der Waals surface area contributed by atoms with E-state index < -0.39 is 6.09 Å². The van der Waals surface area contributed by atoms with Crippen molar-refractivity contribution in [2.24, 2.45) is 0 Å². The summed E-state index contributed by atoms with van der Waals surface area (Å²) in [4.78, 5) is 12.5. The highest BCUT2D eigenvalue weighted by atomic mass is 35.5. The van der Waals surface area contributed by atoms with Gasteiger partial charge in [-0.05, 0) is 5.56 Å². The molecule has 0 saturated heterocycles. The monoisotopic (exact) mass is 213 g/mol. The molecular weight excluding hydrogens is 202 g/mol. The van der Waals surface area contributed by atoms with Crippen molar-refractivity contribution in [1.29, 1.82) is 0 Å². The molecule has 14 heavy (non-hydrogen) atoms. The Bertz CT molecular complexity index is 289. The zero-order valence-electron chi connectivity index (χ0n) is 7.94. The first-order valence-electron chi connectivity index (χ1n) is 4.22. The quantitative estimate of drug-likeness (QED) is 0.570. The van der Waals surface area contributed by atoms with E-state index in [-0.39, 0.29) is 12.6 Å². The number of carbonyl (C=O) groups is 1. The molecule has 0 aliphatic heterocycles. The van der Waals surface area contributed by atoms with Crippen molar-refractivity contribution in [3.63, 3.8) is 0 Å². The van der Waals surface area contributed by atoms with E-state index in [1.54, 1.807) is 7.05 Å². The molecule has 0 heterocycles. The zero-order valence-corrected chi connectivity index (χ0v) is 8.70. The third-order valence-electron chi connectivity index (χ3n) is 1.70. The maximum absolute atomic E-state index is 11.2. The minimum Gasteiger partial charge on any atom is -0.445 e. The Morgan fingerprint density at radius 2 is 2.07 bits per heavy atom. The number of rotatable bonds is 3. The predicted molar refractivity (Wildman–Crippen MR) is 55.1 cm³/mol. The lowest BCUT2D eigenvalue weighted by Gasteiger charge is -2.13. The lowest BCUT2D eigenvalue weighted by Crippen LogP contribution is -2.25. The number of benzene rings is 1. The van der Waals surface area contributed by atoms with E-state index in [1.807, 2.05) is 30.3 Å². The van der Waals surface area contributed by atoms with Gasteiger partial charge in [-0.2, -0.15) is 0 Å². The summed E-state index contributed by atoms with van der Waals surface area (Å²) in [6.07, 6.45) is -0.413. The van der Waals surface area contributed by atoms with E-state index in [0.717, 1.165) is 5.56 Å². The highest BCUT2D eigenvalue weighted by molar-refractivity contribution is 6.18. The maximum Gasteiger partial charge on any atom is 0.410 e. The summed E-state index contributed by atoms with van der Waals surface area (Å²) in [5.74, 6) is 0. The molecule has 0 aliphatic rings. The van der Waals surface area contributed by atoms with E-state index in [9.17, 15) is 4.79 Å². The summed E-state index contributed by atoms with van der Waals surface area (Å²) < 4.78 is 4.98. The van der Waals surface area contributed by atoms with Crippen LogP contribution in [0.25, 0.3) is 0 Å². The van der Waals surface area contributed by atoms with Gasteiger partial charge < -0.3 is 4.74 Å². The molecule has 0 radical (unpaired) electrons. The summed E-state index contributed by atoms with van der Waals surface area (Å²) in [5.41, 5.74) is 0.962. The van der Waals surface area contributed by atoms with Crippen LogP contribution in [0.1, 0.15) is 5.56 Å². The second-order valence-electron chi connectivity index (χ2n) is 2.86. The molecule has 0 unspecified atom stereocenters. The Hall–Kier alpha value is -1.22. The Kier molecular flexibility index (Phi) is 4.26. The molecule has 0 bridgehead atoms. The van der Waals surface area contributed by atoms with Crippen LogP contribution in [-0.2, 0) is 11.3 Å². The first-order chi connectivity index (χ1) is 6.74. The number of nitrogens with zero attached hydrogens (tertiary/aromatic N) is 1. The summed E-state index contributed by atoms with van der Waals surface area (Å²) in [5, 5.41) is 0. The Morgan fingerprint density at radius 3 is 2.64 bits per heavy atom. The second-order valence-corrected chi connectivity index (χ2v) is 3.10. The van der Waals surface area contributed by atoms with Crippen LogP contribution in [0.4, 0.5) is 4.79 Å². The average molecular weight is 214 g/mol. The van der Waals surface area contributed by atoms with E-state index in [0.29, 0.717) is 0 Å². The van der Waals surface area contributed by atoms with Gasteiger partial charge in [-0.3, -0.25) is 4.90 Å². The van der Waals surface area contributed by atoms with E-state index in [2.05, 4.69) is 0 Å². The molecule has 0 N–H and O–H groups in total. The topological polar surface area (TPSA) is 29.5 Å². The van der Waals surface area contributed by atoms with Crippen molar-refractivity contribution in [3.05, 3.63) is 35.9 Å². The van der Waals surface area contributed by atoms with Gasteiger partial charge >= 0.3 is 6.09 Å². The Labute approximate surface area is 88.2 Å². The second kappa shape index (κ2) is 5.50. The van der Waals surface area contributed by atoms with Crippen molar-refractivity contribution >= 4 is 17.7 Å². The van der Waals surface area contributed by atoms with Crippen LogP contribution in [0, 0.1) is 0 Å². The van der Waals surface area contributed by atoms with Crippen LogP contribution >= 0.6 is 11.6 Å². The van der Waals surface area contributed by atoms with Gasteiger partial charge in [-0.15, -0.1) is 11.6 Å². The number of hydrogen-bond acceptors (Lipinski definition) is 2. The van der Waals surface area contributed by atoms with E-state index in [1.165, 1.54) is 4.90 Å². The Morgan fingerprint density at radius 1 is 1.43 bits per heavy atom. The standard InChI is InChI=1S/C10H12ClNO2/c1-12(8-11)10(13)14-7-9-5-3-2-4-6-9/h2-6H,7-8H2,1H3. The molecule has 0 fully saturated rings. The summed E-state index contributed by atoms with van der Waals surface area (Å²) >= 11 is 5.45. The van der Waals surface area contributed by atoms with Gasteiger partial charge in [0.25, 0.3) is 0 Å². The number of amides is 1. The molecule has 3 nitrogen and oxygen atoms in total. The Balaban J connectivity index is 2.38. The van der Waals surface area contributed by atoms with Crippen LogP contribution in [-0.4, -0.2) is 24.0 Å². The van der Waals surface area contributed by atoms with Gasteiger partial charge in [-0.1, -0.05) is 30.3 Å². The molecule has 1 rings (SSSR count). The van der Waals surface area contributed by atoms with Gasteiger partial charge in [0.2, 0.25) is 0 Å². The fraction of sp³-hybridized carbons (Fsp3) is 0.300. The molecule has 0 aromatic heterocycles. The first-order valence-corrected chi connectivity index (χ1v) is 4.75. The van der Waals surface area contributed by atoms with Gasteiger partial charge in [0.1, 0.15) is 6.61 Å². The molecular formula is C10H12ClNO2. The van der Waals surface area contributed by atoms with Crippen LogP contribution in [0.2, 0.25) is 0 Å². The van der Waals surface area contributed by atoms with Gasteiger partial charge in [0, 0.05) is 7.05 Å². The lowest BCUT2D eigenvalue weighted by atomic mass is 10.2. The van der Waals surface area contributed by atoms with Crippen molar-refractivity contribution in [2.75, 3.05) is 13.1 Å². The largest absolute Gasteiger partial charge is 0.445 e. The molecule has 0 spiro atoms. The SMILES string of the molecule is CN(CCl)C(=O)OCc1ccccc1. The molecule has 1 aromatic rings. The highest BCUT2D eigenvalue weighted by Gasteiger charge is 2.07. The van der Waals surface area contributed by atoms with Gasteiger partial charge in [0.15, 0.2) is 0 Å². The third kappa shape index (κ3) is 3.26. The van der Waals surface area contributed by atoms with Crippen molar-refractivity contribution in [2.45, 2.75) is 6.61 Å². The molecule has 76 valence electrons. The van der Waals surface area contributed by atoms with Crippen molar-refractivity contribution < 1.29 is 9.53 Å².